The van der Waals surface area contributed by atoms with Crippen molar-refractivity contribution in [2.75, 3.05) is 0 Å². The maximum absolute atomic E-state index is 8.69. The van der Waals surface area contributed by atoms with E-state index in [1.807, 2.05) is 66.9 Å². The van der Waals surface area contributed by atoms with E-state index in [-0.39, 0.29) is 5.84 Å². The zero-order valence-electron chi connectivity index (χ0n) is 30.6. The molecule has 0 fully saturated rings. The summed E-state index contributed by atoms with van der Waals surface area (Å²) >= 11 is 1.79. The van der Waals surface area contributed by atoms with Gasteiger partial charge >= 0.3 is 0 Å². The third kappa shape index (κ3) is 5.57. The number of aliphatic imine (C=N–C) groups is 2. The van der Waals surface area contributed by atoms with Crippen LogP contribution in [0.15, 0.2) is 196 Å². The molecule has 11 aromatic rings. The van der Waals surface area contributed by atoms with Gasteiger partial charge in [0.25, 0.3) is 0 Å². The van der Waals surface area contributed by atoms with Gasteiger partial charge in [-0.2, -0.15) is 0 Å². The van der Waals surface area contributed by atoms with Gasteiger partial charge in [-0.1, -0.05) is 127 Å². The van der Waals surface area contributed by atoms with E-state index in [2.05, 4.69) is 131 Å². The number of rotatable bonds is 5. The van der Waals surface area contributed by atoms with Crippen LogP contribution in [0.4, 0.5) is 0 Å². The van der Waals surface area contributed by atoms with Crippen LogP contribution in [-0.4, -0.2) is 22.5 Å². The lowest BCUT2D eigenvalue weighted by Crippen LogP contribution is -2.04. The molecule has 0 bridgehead atoms. The number of thiophene rings is 1. The van der Waals surface area contributed by atoms with Gasteiger partial charge in [-0.3, -0.25) is 5.41 Å². The van der Waals surface area contributed by atoms with Gasteiger partial charge in [-0.25, -0.2) is 9.98 Å². The highest BCUT2D eigenvalue weighted by atomic mass is 32.1. The number of benzene rings is 8. The van der Waals surface area contributed by atoms with E-state index in [1.165, 1.54) is 42.0 Å². The summed E-state index contributed by atoms with van der Waals surface area (Å²) in [6, 6.07) is 62.7. The van der Waals surface area contributed by atoms with Crippen molar-refractivity contribution in [2.45, 2.75) is 0 Å². The Kier molecular flexibility index (Phi) is 7.76. The summed E-state index contributed by atoms with van der Waals surface area (Å²) in [5.41, 5.74) is 9.97. The molecule has 11 rings (SSSR count). The van der Waals surface area contributed by atoms with Crippen molar-refractivity contribution >= 4 is 93.1 Å². The van der Waals surface area contributed by atoms with Gasteiger partial charge in [0.05, 0.1) is 22.1 Å². The summed E-state index contributed by atoms with van der Waals surface area (Å²) in [5.74, 6) is 0.653. The number of para-hydroxylation sites is 2. The highest BCUT2D eigenvalue weighted by Crippen LogP contribution is 2.43. The zero-order valence-corrected chi connectivity index (χ0v) is 31.4. The Bertz CT molecular complexity index is 3370. The molecule has 0 aliphatic heterocycles. The van der Waals surface area contributed by atoms with Gasteiger partial charge in [0.1, 0.15) is 11.2 Å². The first-order chi connectivity index (χ1) is 28.2. The average molecular weight is 749 g/mol. The molecule has 6 heteroatoms. The van der Waals surface area contributed by atoms with Gasteiger partial charge in [0.2, 0.25) is 0 Å². The number of aromatic nitrogens is 1. The van der Waals surface area contributed by atoms with Crippen molar-refractivity contribution in [3.05, 3.63) is 199 Å². The maximum Gasteiger partial charge on any atom is 0.161 e. The quantitative estimate of drug-likeness (QED) is 0.138. The molecule has 0 unspecified atom stereocenters. The molecule has 3 heterocycles. The Labute approximate surface area is 331 Å². The number of hydrogen-bond acceptors (Lipinski definition) is 3. The third-order valence-electron chi connectivity index (χ3n) is 10.8. The molecule has 0 aliphatic carbocycles. The molecule has 1 N–H and O–H groups in total. The predicted octanol–water partition coefficient (Wildman–Crippen LogP) is 13.6. The van der Waals surface area contributed by atoms with Crippen LogP contribution in [0.3, 0.4) is 0 Å². The van der Waals surface area contributed by atoms with Crippen molar-refractivity contribution in [3.8, 4) is 16.8 Å². The summed E-state index contributed by atoms with van der Waals surface area (Å²) in [5, 5.41) is 15.7. The largest absolute Gasteiger partial charge is 0.456 e. The fourth-order valence-corrected chi connectivity index (χ4v) is 9.28. The highest BCUT2D eigenvalue weighted by molar-refractivity contribution is 7.26. The Morgan fingerprint density at radius 1 is 0.544 bits per heavy atom. The van der Waals surface area contributed by atoms with Crippen LogP contribution in [-0.2, 0) is 0 Å². The van der Waals surface area contributed by atoms with Crippen LogP contribution < -0.4 is 0 Å². The van der Waals surface area contributed by atoms with E-state index in [0.717, 1.165) is 55.4 Å². The van der Waals surface area contributed by atoms with E-state index >= 15 is 0 Å². The molecule has 57 heavy (non-hydrogen) atoms. The lowest BCUT2D eigenvalue weighted by atomic mass is 9.97. The molecule has 268 valence electrons. The lowest BCUT2D eigenvalue weighted by Gasteiger charge is -2.09. The van der Waals surface area contributed by atoms with Gasteiger partial charge in [0.15, 0.2) is 11.7 Å². The van der Waals surface area contributed by atoms with Crippen molar-refractivity contribution < 1.29 is 4.42 Å². The predicted molar refractivity (Wildman–Crippen MR) is 240 cm³/mol. The Balaban J connectivity index is 1.02. The fraction of sp³-hybridized carbons (Fsp3) is 0. The van der Waals surface area contributed by atoms with Gasteiger partial charge in [-0.15, -0.1) is 11.3 Å². The number of fused-ring (bicyclic) bond motifs is 9. The standard InChI is InChI=1S/C51H32N4OS/c52-50(33-13-3-1-4-14-33)54-51(34-15-5-2-6-16-34)53-31-32-25-28-46-40(29-32)48-36(19-11-24-47(48)57-46)35-26-27-39-45(30-35)56-44-23-12-22-43(49(39)44)55-41-20-9-7-17-37(41)38-18-8-10-21-42(38)55/h1-31,52H. The minimum Gasteiger partial charge on any atom is -0.456 e. The second kappa shape index (κ2) is 13.4. The van der Waals surface area contributed by atoms with Crippen molar-refractivity contribution in [2.24, 2.45) is 9.98 Å². The monoisotopic (exact) mass is 748 g/mol. The van der Waals surface area contributed by atoms with E-state index in [4.69, 9.17) is 14.8 Å². The van der Waals surface area contributed by atoms with Gasteiger partial charge in [-0.05, 0) is 71.3 Å². The molecule has 0 aliphatic rings. The second-order valence-corrected chi connectivity index (χ2v) is 15.2. The number of hydrogen-bond donors (Lipinski definition) is 1. The average Bonchev–Trinajstić information content (AvgIpc) is 3.95. The summed E-state index contributed by atoms with van der Waals surface area (Å²) < 4.78 is 11.5. The lowest BCUT2D eigenvalue weighted by molar-refractivity contribution is 0.669. The molecule has 3 aromatic heterocycles. The van der Waals surface area contributed by atoms with Crippen molar-refractivity contribution in [1.82, 2.24) is 4.57 Å². The number of amidine groups is 2. The SMILES string of the molecule is N=C(N=C(N=Cc1ccc2sc3cccc(-c4ccc5c(c4)oc4cccc(-n6c7ccccc7c7ccccc76)c45)c3c2c1)c1ccccc1)c1ccccc1. The van der Waals surface area contributed by atoms with Crippen LogP contribution in [0.5, 0.6) is 0 Å². The first-order valence-electron chi connectivity index (χ1n) is 18.9. The molecule has 8 aromatic carbocycles. The summed E-state index contributed by atoms with van der Waals surface area (Å²) in [6.07, 6.45) is 1.85. The third-order valence-corrected chi connectivity index (χ3v) is 11.9. The first kappa shape index (κ1) is 33.0. The fourth-order valence-electron chi connectivity index (χ4n) is 8.17. The van der Waals surface area contributed by atoms with Crippen molar-refractivity contribution in [3.63, 3.8) is 0 Å². The molecule has 0 radical (unpaired) electrons. The minimum atomic E-state index is 0.167. The van der Waals surface area contributed by atoms with Crippen molar-refractivity contribution in [1.29, 1.82) is 5.41 Å². The number of nitrogens with zero attached hydrogens (tertiary/aromatic N) is 3. The molecule has 0 saturated carbocycles. The van der Waals surface area contributed by atoms with E-state index in [0.29, 0.717) is 5.84 Å². The van der Waals surface area contributed by atoms with E-state index in [1.54, 1.807) is 11.3 Å². The number of nitrogens with one attached hydrogen (secondary N) is 1. The van der Waals surface area contributed by atoms with Crippen LogP contribution in [0.2, 0.25) is 0 Å². The summed E-state index contributed by atoms with van der Waals surface area (Å²) in [4.78, 5) is 9.54. The summed E-state index contributed by atoms with van der Waals surface area (Å²) in [6.45, 7) is 0. The number of furan rings is 1. The topological polar surface area (TPSA) is 66.6 Å². The Morgan fingerprint density at radius 2 is 1.25 bits per heavy atom. The normalized spacial score (nSPS) is 12.3. The van der Waals surface area contributed by atoms with Crippen LogP contribution in [0.25, 0.3) is 80.7 Å². The molecular weight excluding hydrogens is 717 g/mol. The summed E-state index contributed by atoms with van der Waals surface area (Å²) in [7, 11) is 0. The van der Waals surface area contributed by atoms with E-state index in [9.17, 15) is 0 Å². The minimum absolute atomic E-state index is 0.167. The molecule has 5 nitrogen and oxygen atoms in total. The van der Waals surface area contributed by atoms with Gasteiger partial charge < -0.3 is 8.98 Å². The molecule has 0 spiro atoms. The zero-order chi connectivity index (χ0) is 37.9. The molecule has 0 atom stereocenters. The van der Waals surface area contributed by atoms with Crippen LogP contribution in [0, 0.1) is 5.41 Å². The molecule has 0 amide bonds. The van der Waals surface area contributed by atoms with E-state index < -0.39 is 0 Å². The van der Waals surface area contributed by atoms with Crippen LogP contribution in [0.1, 0.15) is 16.7 Å². The highest BCUT2D eigenvalue weighted by Gasteiger charge is 2.19. The molecular formula is C51H32N4OS. The Hall–Kier alpha value is -7.41. The smallest absolute Gasteiger partial charge is 0.161 e. The first-order valence-corrected chi connectivity index (χ1v) is 19.7. The Morgan fingerprint density at radius 3 is 2.02 bits per heavy atom. The second-order valence-electron chi connectivity index (χ2n) is 14.1. The van der Waals surface area contributed by atoms with Gasteiger partial charge in [0, 0.05) is 53.7 Å². The maximum atomic E-state index is 8.69. The molecule has 0 saturated heterocycles. The van der Waals surface area contributed by atoms with Crippen LogP contribution >= 0.6 is 11.3 Å².